The summed E-state index contributed by atoms with van der Waals surface area (Å²) in [7, 11) is 0. The summed E-state index contributed by atoms with van der Waals surface area (Å²) < 4.78 is 5.34. The number of unbranched alkanes of at least 4 members (excludes halogenated alkanes) is 1. The molecule has 2 N–H and O–H groups in total. The highest BCUT2D eigenvalue weighted by Gasteiger charge is 2.34. The normalized spacial score (nSPS) is 17.1. The molecule has 1 aromatic heterocycles. The van der Waals surface area contributed by atoms with Crippen molar-refractivity contribution in [3.05, 3.63) is 23.2 Å². The van der Waals surface area contributed by atoms with Crippen LogP contribution in [0.4, 0.5) is 0 Å². The van der Waals surface area contributed by atoms with Gasteiger partial charge in [-0.3, -0.25) is 9.59 Å². The van der Waals surface area contributed by atoms with Crippen molar-refractivity contribution in [1.29, 1.82) is 0 Å². The van der Waals surface area contributed by atoms with Crippen molar-refractivity contribution in [2.75, 3.05) is 11.6 Å². The number of amides is 2. The highest BCUT2D eigenvalue weighted by molar-refractivity contribution is 7.99. The minimum atomic E-state index is -1.06. The molecule has 8 heteroatoms. The lowest BCUT2D eigenvalue weighted by atomic mass is 10.2. The molecule has 0 radical (unpaired) electrons. The van der Waals surface area contributed by atoms with Gasteiger partial charge < -0.3 is 19.7 Å². The number of carboxylic acids is 1. The van der Waals surface area contributed by atoms with Gasteiger partial charge in [-0.15, -0.1) is 11.8 Å². The lowest BCUT2D eigenvalue weighted by Crippen LogP contribution is -2.47. The highest BCUT2D eigenvalue weighted by atomic mass is 32.2. The molecule has 2 rings (SSSR count). The van der Waals surface area contributed by atoms with Gasteiger partial charge in [0.15, 0.2) is 0 Å². The van der Waals surface area contributed by atoms with E-state index in [0.717, 1.165) is 12.8 Å². The van der Waals surface area contributed by atoms with Crippen molar-refractivity contribution in [3.8, 4) is 0 Å². The maximum absolute atomic E-state index is 12.4. The Morgan fingerprint density at radius 3 is 2.83 bits per heavy atom. The predicted molar refractivity (Wildman–Crippen MR) is 89.7 cm³/mol. The Kier molecular flexibility index (Phi) is 6.30. The van der Waals surface area contributed by atoms with Crippen LogP contribution in [-0.4, -0.2) is 45.5 Å². The van der Waals surface area contributed by atoms with Crippen LogP contribution in [0, 0.1) is 6.92 Å². The quantitative estimate of drug-likeness (QED) is 0.777. The summed E-state index contributed by atoms with van der Waals surface area (Å²) in [6, 6.07) is 0.931. The van der Waals surface area contributed by atoms with Gasteiger partial charge in [0.05, 0.1) is 12.4 Å². The van der Waals surface area contributed by atoms with E-state index in [1.54, 1.807) is 23.6 Å². The zero-order valence-electron chi connectivity index (χ0n) is 13.8. The fraction of sp³-hybridized carbons (Fsp3) is 0.562. The first-order valence-corrected chi connectivity index (χ1v) is 9.07. The molecule has 2 heterocycles. The van der Waals surface area contributed by atoms with Gasteiger partial charge in [-0.1, -0.05) is 13.3 Å². The molecule has 1 aliphatic rings. The molecule has 1 unspecified atom stereocenters. The Morgan fingerprint density at radius 2 is 2.21 bits per heavy atom. The monoisotopic (exact) mass is 354 g/mol. The SMILES string of the molecule is CCCCC(=O)N1CSCC1C(=O)NCc1cc(C(=O)O)c(C)o1. The average Bonchev–Trinajstić information content (AvgIpc) is 3.16. The Morgan fingerprint density at radius 1 is 1.46 bits per heavy atom. The zero-order valence-corrected chi connectivity index (χ0v) is 14.6. The highest BCUT2D eigenvalue weighted by Crippen LogP contribution is 2.23. The van der Waals surface area contributed by atoms with Crippen molar-refractivity contribution in [2.45, 2.75) is 45.7 Å². The van der Waals surface area contributed by atoms with Gasteiger partial charge in [0.25, 0.3) is 0 Å². The molecule has 0 bridgehead atoms. The second-order valence-electron chi connectivity index (χ2n) is 5.69. The van der Waals surface area contributed by atoms with Crippen molar-refractivity contribution in [1.82, 2.24) is 10.2 Å². The third-order valence-corrected chi connectivity index (χ3v) is 4.90. The third-order valence-electron chi connectivity index (χ3n) is 3.89. The summed E-state index contributed by atoms with van der Waals surface area (Å²) in [5.74, 6) is 0.492. The van der Waals surface area contributed by atoms with Crippen LogP contribution in [0.1, 0.15) is 48.1 Å². The van der Waals surface area contributed by atoms with E-state index in [1.165, 1.54) is 6.07 Å². The van der Waals surface area contributed by atoms with Crippen molar-refractivity contribution < 1.29 is 23.9 Å². The topological polar surface area (TPSA) is 99.9 Å². The number of hydrogen-bond donors (Lipinski definition) is 2. The first-order valence-electron chi connectivity index (χ1n) is 7.91. The molecule has 0 spiro atoms. The van der Waals surface area contributed by atoms with E-state index < -0.39 is 12.0 Å². The summed E-state index contributed by atoms with van der Waals surface area (Å²) in [5, 5.41) is 11.7. The number of carbonyl (C=O) groups is 3. The number of thioether (sulfide) groups is 1. The van der Waals surface area contributed by atoms with E-state index in [-0.39, 0.29) is 23.9 Å². The van der Waals surface area contributed by atoms with Crippen LogP contribution >= 0.6 is 11.8 Å². The molecule has 1 fully saturated rings. The number of aromatic carboxylic acids is 1. The number of nitrogens with zero attached hydrogens (tertiary/aromatic N) is 1. The van der Waals surface area contributed by atoms with Crippen molar-refractivity contribution in [2.24, 2.45) is 0 Å². The molecule has 0 aliphatic carbocycles. The number of furan rings is 1. The first kappa shape index (κ1) is 18.4. The Balaban J connectivity index is 1.92. The number of carbonyl (C=O) groups excluding carboxylic acids is 2. The average molecular weight is 354 g/mol. The summed E-state index contributed by atoms with van der Waals surface area (Å²) in [6.07, 6.45) is 2.21. The molecule has 1 aromatic rings. The van der Waals surface area contributed by atoms with Gasteiger partial charge >= 0.3 is 5.97 Å². The summed E-state index contributed by atoms with van der Waals surface area (Å²) in [4.78, 5) is 37.1. The van der Waals surface area contributed by atoms with Gasteiger partial charge in [0.2, 0.25) is 11.8 Å². The predicted octanol–water partition coefficient (Wildman–Crippen LogP) is 1.99. The Hall–Kier alpha value is -1.96. The van der Waals surface area contributed by atoms with Crippen LogP contribution in [0.15, 0.2) is 10.5 Å². The van der Waals surface area contributed by atoms with E-state index in [0.29, 0.717) is 29.6 Å². The molecule has 7 nitrogen and oxygen atoms in total. The molecule has 0 saturated carbocycles. The second-order valence-corrected chi connectivity index (χ2v) is 6.69. The van der Waals surface area contributed by atoms with Gasteiger partial charge in [-0.25, -0.2) is 4.79 Å². The molecule has 0 aromatic carbocycles. The van der Waals surface area contributed by atoms with E-state index >= 15 is 0 Å². The number of nitrogens with one attached hydrogen (secondary N) is 1. The van der Waals surface area contributed by atoms with Crippen LogP contribution < -0.4 is 5.32 Å². The van der Waals surface area contributed by atoms with Crippen molar-refractivity contribution in [3.63, 3.8) is 0 Å². The summed E-state index contributed by atoms with van der Waals surface area (Å²) >= 11 is 1.56. The fourth-order valence-corrected chi connectivity index (χ4v) is 3.69. The standard InChI is InChI=1S/C16H22N2O5S/c1-3-4-5-14(19)18-9-24-8-13(18)15(20)17-7-11-6-12(16(21)22)10(2)23-11/h6,13H,3-5,7-9H2,1-2H3,(H,17,20)(H,21,22). The minimum Gasteiger partial charge on any atom is -0.478 e. The summed E-state index contributed by atoms with van der Waals surface area (Å²) in [6.45, 7) is 3.69. The molecule has 132 valence electrons. The molecular weight excluding hydrogens is 332 g/mol. The number of aryl methyl sites for hydroxylation is 1. The molecule has 1 aliphatic heterocycles. The Labute approximate surface area is 144 Å². The maximum Gasteiger partial charge on any atom is 0.339 e. The van der Waals surface area contributed by atoms with Gasteiger partial charge in [0.1, 0.15) is 23.1 Å². The van der Waals surface area contributed by atoms with Gasteiger partial charge in [-0.05, 0) is 19.4 Å². The minimum absolute atomic E-state index is 0.00371. The zero-order chi connectivity index (χ0) is 17.7. The Bertz CT molecular complexity index is 628. The molecular formula is C16H22N2O5S. The van der Waals surface area contributed by atoms with Crippen LogP contribution in [0.5, 0.6) is 0 Å². The van der Waals surface area contributed by atoms with Crippen LogP contribution in [-0.2, 0) is 16.1 Å². The van der Waals surface area contributed by atoms with E-state index in [2.05, 4.69) is 5.32 Å². The lowest BCUT2D eigenvalue weighted by molar-refractivity contribution is -0.138. The fourth-order valence-electron chi connectivity index (χ4n) is 2.51. The van der Waals surface area contributed by atoms with E-state index in [4.69, 9.17) is 9.52 Å². The third kappa shape index (κ3) is 4.31. The number of hydrogen-bond acceptors (Lipinski definition) is 5. The maximum atomic E-state index is 12.4. The lowest BCUT2D eigenvalue weighted by Gasteiger charge is -2.22. The molecule has 24 heavy (non-hydrogen) atoms. The van der Waals surface area contributed by atoms with Crippen molar-refractivity contribution >= 4 is 29.5 Å². The smallest absolute Gasteiger partial charge is 0.339 e. The first-order chi connectivity index (χ1) is 11.4. The number of rotatable bonds is 7. The van der Waals surface area contributed by atoms with Gasteiger partial charge in [-0.2, -0.15) is 0 Å². The van der Waals surface area contributed by atoms with Crippen LogP contribution in [0.3, 0.4) is 0 Å². The summed E-state index contributed by atoms with van der Waals surface area (Å²) in [5.41, 5.74) is 0.0899. The molecule has 1 saturated heterocycles. The molecule has 2 amide bonds. The van der Waals surface area contributed by atoms with Crippen LogP contribution in [0.2, 0.25) is 0 Å². The van der Waals surface area contributed by atoms with E-state index in [9.17, 15) is 14.4 Å². The second kappa shape index (κ2) is 8.23. The van der Waals surface area contributed by atoms with Crippen LogP contribution in [0.25, 0.3) is 0 Å². The van der Waals surface area contributed by atoms with Gasteiger partial charge in [0, 0.05) is 12.2 Å². The van der Waals surface area contributed by atoms with E-state index in [1.807, 2.05) is 6.92 Å². The molecule has 1 atom stereocenters. The number of carboxylic acid groups (broad SMARTS) is 1. The largest absolute Gasteiger partial charge is 0.478 e.